The van der Waals surface area contributed by atoms with Crippen LogP contribution < -0.4 is 0 Å². The minimum absolute atomic E-state index is 0.0310. The molecule has 0 aromatic rings. The highest BCUT2D eigenvalue weighted by Crippen LogP contribution is 2.20. The van der Waals surface area contributed by atoms with Crippen LogP contribution in [-0.4, -0.2) is 21.9 Å². The van der Waals surface area contributed by atoms with E-state index in [1.54, 1.807) is 13.8 Å². The van der Waals surface area contributed by atoms with Crippen molar-refractivity contribution in [2.24, 2.45) is 5.41 Å². The number of aliphatic hydroxyl groups is 2. The first-order valence-electron chi connectivity index (χ1n) is 2.85. The highest BCUT2D eigenvalue weighted by molar-refractivity contribution is 7.80. The molecule has 0 saturated carbocycles. The largest absolute Gasteiger partial charge is 0.502 e. The number of aliphatic hydroxyl groups excluding tert-OH is 2. The summed E-state index contributed by atoms with van der Waals surface area (Å²) in [6, 6.07) is 0. The van der Waals surface area contributed by atoms with Crippen LogP contribution in [0.1, 0.15) is 20.3 Å². The second-order valence-corrected chi connectivity index (χ2v) is 3.05. The van der Waals surface area contributed by atoms with Crippen LogP contribution in [0, 0.1) is 5.41 Å². The average Bonchev–Trinajstić information content (AvgIpc) is 1.65. The Morgan fingerprint density at radius 1 is 1.56 bits per heavy atom. The van der Waals surface area contributed by atoms with E-state index in [2.05, 4.69) is 12.2 Å². The van der Waals surface area contributed by atoms with Crippen molar-refractivity contribution in [3.05, 3.63) is 0 Å². The molecule has 0 aromatic carbocycles. The maximum atomic E-state index is 8.83. The number of hydrogen-bond donors (Lipinski definition) is 2. The molecule has 3 heteroatoms. The van der Waals surface area contributed by atoms with Gasteiger partial charge in [0.15, 0.2) is 5.05 Å². The molecule has 0 unspecified atom stereocenters. The molecule has 0 radical (unpaired) electrons. The first-order valence-corrected chi connectivity index (χ1v) is 3.26. The molecule has 0 atom stereocenters. The van der Waals surface area contributed by atoms with Gasteiger partial charge in [-0.3, -0.25) is 0 Å². The molecule has 2 nitrogen and oxygen atoms in total. The monoisotopic (exact) mass is 148 g/mol. The fourth-order valence-electron chi connectivity index (χ4n) is 0.386. The van der Waals surface area contributed by atoms with Crippen molar-refractivity contribution >= 4 is 17.3 Å². The second-order valence-electron chi connectivity index (χ2n) is 2.66. The first kappa shape index (κ1) is 8.85. The van der Waals surface area contributed by atoms with Gasteiger partial charge in [0.1, 0.15) is 0 Å². The van der Waals surface area contributed by atoms with E-state index in [1.165, 1.54) is 0 Å². The Balaban J connectivity index is 3.85. The van der Waals surface area contributed by atoms with Crippen LogP contribution in [0.25, 0.3) is 0 Å². The normalized spacial score (nSPS) is 11.4. The second kappa shape index (κ2) is 3.13. The molecular weight excluding hydrogens is 136 g/mol. The van der Waals surface area contributed by atoms with Crippen LogP contribution in [0.4, 0.5) is 0 Å². The van der Waals surface area contributed by atoms with Crippen LogP contribution in [-0.2, 0) is 0 Å². The van der Waals surface area contributed by atoms with Gasteiger partial charge in [0.2, 0.25) is 0 Å². The predicted molar refractivity (Wildman–Crippen MR) is 40.7 cm³/mol. The van der Waals surface area contributed by atoms with Gasteiger partial charge >= 0.3 is 0 Å². The average molecular weight is 148 g/mol. The summed E-state index contributed by atoms with van der Waals surface area (Å²) >= 11 is 4.54. The highest BCUT2D eigenvalue weighted by Gasteiger charge is 2.21. The number of rotatable bonds is 3. The van der Waals surface area contributed by atoms with E-state index in [0.717, 1.165) is 0 Å². The van der Waals surface area contributed by atoms with E-state index in [1.807, 2.05) is 0 Å². The maximum Gasteiger partial charge on any atom is 0.162 e. The summed E-state index contributed by atoms with van der Waals surface area (Å²) < 4.78 is 0. The molecule has 0 amide bonds. The van der Waals surface area contributed by atoms with Gasteiger partial charge in [-0.05, 0) is 18.6 Å². The molecular formula is C6H12O2S. The summed E-state index contributed by atoms with van der Waals surface area (Å²) in [5, 5.41) is 17.3. The quantitative estimate of drug-likeness (QED) is 0.592. The van der Waals surface area contributed by atoms with Gasteiger partial charge in [0.25, 0.3) is 0 Å². The Bertz CT molecular complexity index is 110. The van der Waals surface area contributed by atoms with Crippen LogP contribution >= 0.6 is 12.2 Å². The Hall–Kier alpha value is -0.150. The van der Waals surface area contributed by atoms with Crippen molar-refractivity contribution < 1.29 is 10.2 Å². The van der Waals surface area contributed by atoms with E-state index < -0.39 is 5.41 Å². The predicted octanol–water partition coefficient (Wildman–Crippen LogP) is 1.28. The molecule has 9 heavy (non-hydrogen) atoms. The summed E-state index contributed by atoms with van der Waals surface area (Å²) in [5.74, 6) is 0. The molecule has 0 fully saturated rings. The third kappa shape index (κ3) is 2.77. The van der Waals surface area contributed by atoms with E-state index in [9.17, 15) is 0 Å². The van der Waals surface area contributed by atoms with Gasteiger partial charge in [-0.25, -0.2) is 0 Å². The molecule has 0 heterocycles. The van der Waals surface area contributed by atoms with E-state index in [4.69, 9.17) is 10.2 Å². The van der Waals surface area contributed by atoms with Gasteiger partial charge < -0.3 is 10.2 Å². The Labute approximate surface area is 60.5 Å². The topological polar surface area (TPSA) is 40.5 Å². The van der Waals surface area contributed by atoms with Gasteiger partial charge in [-0.1, -0.05) is 13.8 Å². The SMILES string of the molecule is CC(C)(CCO)C(O)=S. The van der Waals surface area contributed by atoms with Crippen molar-refractivity contribution in [3.8, 4) is 0 Å². The summed E-state index contributed by atoms with van der Waals surface area (Å²) in [5.41, 5.74) is -0.413. The van der Waals surface area contributed by atoms with Gasteiger partial charge in [-0.15, -0.1) is 0 Å². The zero-order valence-corrected chi connectivity index (χ0v) is 6.53. The van der Waals surface area contributed by atoms with Crippen LogP contribution in [0.3, 0.4) is 0 Å². The van der Waals surface area contributed by atoms with E-state index >= 15 is 0 Å². The Kier molecular flexibility index (Phi) is 3.08. The molecule has 0 aromatic heterocycles. The standard InChI is InChI=1S/C6H12O2S/c1-6(2,3-4-7)5(8)9/h7H,3-4H2,1-2H3,(H,8,9). The third-order valence-electron chi connectivity index (χ3n) is 1.32. The zero-order valence-electron chi connectivity index (χ0n) is 5.72. The summed E-state index contributed by atoms with van der Waals surface area (Å²) in [4.78, 5) is 0. The summed E-state index contributed by atoms with van der Waals surface area (Å²) in [6.45, 7) is 3.66. The zero-order chi connectivity index (χ0) is 7.49. The molecule has 54 valence electrons. The molecule has 2 N–H and O–H groups in total. The minimum Gasteiger partial charge on any atom is -0.502 e. The lowest BCUT2D eigenvalue weighted by atomic mass is 9.91. The lowest BCUT2D eigenvalue weighted by Gasteiger charge is -2.19. The van der Waals surface area contributed by atoms with E-state index in [-0.39, 0.29) is 11.7 Å². The smallest absolute Gasteiger partial charge is 0.162 e. The van der Waals surface area contributed by atoms with Crippen LogP contribution in [0.2, 0.25) is 0 Å². The lowest BCUT2D eigenvalue weighted by Crippen LogP contribution is -2.22. The summed E-state index contributed by atoms with van der Waals surface area (Å²) in [7, 11) is 0. The molecule has 0 aliphatic heterocycles. The van der Waals surface area contributed by atoms with Crippen molar-refractivity contribution in [1.82, 2.24) is 0 Å². The van der Waals surface area contributed by atoms with Crippen LogP contribution in [0.5, 0.6) is 0 Å². The first-order chi connectivity index (χ1) is 4.00. The molecule has 0 bridgehead atoms. The van der Waals surface area contributed by atoms with Gasteiger partial charge in [-0.2, -0.15) is 0 Å². The van der Waals surface area contributed by atoms with Crippen molar-refractivity contribution in [2.45, 2.75) is 20.3 Å². The molecule has 0 aliphatic carbocycles. The maximum absolute atomic E-state index is 8.83. The fourth-order valence-corrected chi connectivity index (χ4v) is 0.489. The highest BCUT2D eigenvalue weighted by atomic mass is 32.1. The minimum atomic E-state index is -0.413. The Morgan fingerprint density at radius 3 is 2.11 bits per heavy atom. The van der Waals surface area contributed by atoms with Crippen LogP contribution in [0.15, 0.2) is 0 Å². The van der Waals surface area contributed by atoms with Crippen molar-refractivity contribution in [3.63, 3.8) is 0 Å². The molecule has 0 saturated heterocycles. The van der Waals surface area contributed by atoms with Crippen molar-refractivity contribution in [2.75, 3.05) is 6.61 Å². The number of thiocarbonyl (C=S) groups is 1. The molecule has 0 spiro atoms. The molecule has 0 rings (SSSR count). The van der Waals surface area contributed by atoms with Crippen molar-refractivity contribution in [1.29, 1.82) is 0 Å². The lowest BCUT2D eigenvalue weighted by molar-refractivity contribution is 0.239. The molecule has 0 aliphatic rings. The van der Waals surface area contributed by atoms with Gasteiger partial charge in [0.05, 0.1) is 0 Å². The third-order valence-corrected chi connectivity index (χ3v) is 1.87. The van der Waals surface area contributed by atoms with Gasteiger partial charge in [0, 0.05) is 12.0 Å². The number of hydrogen-bond acceptors (Lipinski definition) is 2. The Morgan fingerprint density at radius 2 is 2.00 bits per heavy atom. The summed E-state index contributed by atoms with van der Waals surface area (Å²) in [6.07, 6.45) is 0.516. The van der Waals surface area contributed by atoms with E-state index in [0.29, 0.717) is 6.42 Å². The fraction of sp³-hybridized carbons (Fsp3) is 0.833.